The van der Waals surface area contributed by atoms with Crippen LogP contribution in [0.1, 0.15) is 45.6 Å². The molecule has 0 spiro atoms. The predicted molar refractivity (Wildman–Crippen MR) is 429 cm³/mol. The average molecular weight is 2120 g/mol. The van der Waals surface area contributed by atoms with Crippen molar-refractivity contribution in [2.24, 2.45) is 40.8 Å². The van der Waals surface area contributed by atoms with Gasteiger partial charge in [0.1, 0.15) is 0 Å². The molecule has 0 unspecified atom stereocenters. The second kappa shape index (κ2) is 55.6. The van der Waals surface area contributed by atoms with Gasteiger partial charge < -0.3 is 107 Å². The SMILES string of the molecule is CN(C)C=O.CN(C)C=O.O=[N+]([O-])[O-].O=[N+]([O-])[O-].O=[N+]([O-])[O-].O=[N+]([O-])[O-].O=[N+]([O-])[O-].[Eu+3].[Eu+3].[Eu+3].[O-]/C(=N\N=C\c1ccc2ccc3ccc(/C=N/N=C(\[O-])c4cc(-c5ccccn5)[nH]n4)nc3c2n1)c1cc(-c2ccccn2)[nH]n1.[O-]/C(=N\N=C\c1ccc2ccc3ccc(/C=N/N=C(\[O-])c4cc(-c5ccccn5)[nH]n4)nc3c2n1)c1cc(-c2ccccn2)[nH]n1. The van der Waals surface area contributed by atoms with E-state index in [1.54, 1.807) is 150 Å². The summed E-state index contributed by atoms with van der Waals surface area (Å²) < 4.78 is 0. The van der Waals surface area contributed by atoms with E-state index >= 15 is 0 Å². The van der Waals surface area contributed by atoms with E-state index in [9.17, 15) is 30.0 Å². The molecule has 12 heterocycles. The number of benzene rings is 2. The molecule has 0 aliphatic rings. The van der Waals surface area contributed by atoms with E-state index in [1.807, 2.05) is 72.8 Å². The molecule has 0 bridgehead atoms. The maximum atomic E-state index is 12.5. The van der Waals surface area contributed by atoms with Crippen LogP contribution in [0.2, 0.25) is 0 Å². The molecule has 636 valence electrons. The Morgan fingerprint density at radius 1 is 0.312 bits per heavy atom. The molecule has 0 atom stereocenters. The van der Waals surface area contributed by atoms with Gasteiger partial charge in [-0.2, -0.15) is 61.2 Å². The largest absolute Gasteiger partial charge is 3.00 e. The van der Waals surface area contributed by atoms with Crippen LogP contribution in [0.3, 0.4) is 0 Å². The van der Waals surface area contributed by atoms with Crippen molar-refractivity contribution in [3.05, 3.63) is 317 Å². The number of fused-ring (bicyclic) bond motifs is 6. The summed E-state index contributed by atoms with van der Waals surface area (Å²) in [5, 5.41) is 185. The third-order valence-electron chi connectivity index (χ3n) is 13.9. The van der Waals surface area contributed by atoms with Crippen molar-refractivity contribution in [2.45, 2.75) is 0 Å². The standard InChI is InChI=1S/2C32H22N12O2.2C3H7NO.3Eu.5NO3/c2*45-31(27-15-25(39-41-27)23-5-1-3-13-33-23)43-35-17-21-11-9-19-7-8-20-10-12-22(38-30(20)29(19)37-21)18-36-44-32(46)28-16-26(40-42-28)24-6-2-4-14-34-24;2*1-4(2)3-5;;;;5*2-1(3)4/h2*1-18H,(H,39,41)(H,40,42)(H,43,45)(H,44,46);2*3H,1-2H3;;;;;;;;/q;;;;3*+3;5*-1/p-4/b2*35-17+,36-18+;;;;;;;;;;. The summed E-state index contributed by atoms with van der Waals surface area (Å²) in [4.78, 5) is 98.6. The van der Waals surface area contributed by atoms with Crippen LogP contribution in [0, 0.1) is 225 Å². The monoisotopic (exact) mass is 2120 g/mol. The summed E-state index contributed by atoms with van der Waals surface area (Å²) in [6.45, 7) is 0. The third kappa shape index (κ3) is 37.8. The van der Waals surface area contributed by atoms with Crippen molar-refractivity contribution in [1.29, 1.82) is 0 Å². The quantitative estimate of drug-likeness (QED) is 0.0238. The Labute approximate surface area is 820 Å². The van der Waals surface area contributed by atoms with Gasteiger partial charge >= 0.3 is 148 Å². The first-order chi connectivity index (χ1) is 58.4. The fourth-order valence-electron chi connectivity index (χ4n) is 8.99. The normalized spacial score (nSPS) is 10.8. The Balaban J connectivity index is 0.000000479. The molecular formula is C70H54Eu3N31O21. The van der Waals surface area contributed by atoms with Gasteiger partial charge in [0, 0.05) is 98.1 Å². The number of aromatic nitrogens is 16. The van der Waals surface area contributed by atoms with Gasteiger partial charge in [-0.15, -0.1) is 0 Å². The second-order valence-electron chi connectivity index (χ2n) is 22.7. The van der Waals surface area contributed by atoms with Gasteiger partial charge in [0.15, 0.2) is 0 Å². The van der Waals surface area contributed by atoms with E-state index in [0.29, 0.717) is 90.4 Å². The summed E-state index contributed by atoms with van der Waals surface area (Å²) >= 11 is 0. The third-order valence-corrected chi connectivity index (χ3v) is 13.9. The molecule has 4 N–H and O–H groups in total. The molecule has 2 aromatic carbocycles. The Morgan fingerprint density at radius 2 is 0.488 bits per heavy atom. The van der Waals surface area contributed by atoms with E-state index in [2.05, 4.69) is 121 Å². The van der Waals surface area contributed by atoms with Crippen LogP contribution in [-0.2, 0) is 9.59 Å². The number of amides is 2. The first kappa shape index (κ1) is 105. The van der Waals surface area contributed by atoms with Gasteiger partial charge in [-0.05, 0) is 97.1 Å². The van der Waals surface area contributed by atoms with Crippen LogP contribution in [0.25, 0.3) is 89.2 Å². The van der Waals surface area contributed by atoms with Crippen molar-refractivity contribution in [1.82, 2.24) is 90.5 Å². The van der Waals surface area contributed by atoms with Gasteiger partial charge in [0.25, 0.3) is 0 Å². The van der Waals surface area contributed by atoms with E-state index < -0.39 is 49.0 Å². The van der Waals surface area contributed by atoms with Crippen LogP contribution in [0.15, 0.2) is 235 Å². The molecule has 0 saturated carbocycles. The molecule has 14 aromatic rings. The fraction of sp³-hybridized carbons (Fsp3) is 0.0571. The zero-order valence-corrected chi connectivity index (χ0v) is 71.0. The van der Waals surface area contributed by atoms with Crippen molar-refractivity contribution in [3.8, 4) is 45.6 Å². The van der Waals surface area contributed by atoms with Crippen molar-refractivity contribution in [2.75, 3.05) is 28.2 Å². The van der Waals surface area contributed by atoms with Crippen LogP contribution >= 0.6 is 0 Å². The number of nitrogens with one attached hydrogen (secondary N) is 4. The number of rotatable bonds is 18. The summed E-state index contributed by atoms with van der Waals surface area (Å²) in [7, 11) is 6.75. The number of carbonyl (C=O) groups is 2. The molecule has 0 saturated heterocycles. The minimum atomic E-state index is -1.75. The summed E-state index contributed by atoms with van der Waals surface area (Å²) in [5.74, 6) is -2.46. The molecule has 0 fully saturated rings. The van der Waals surface area contributed by atoms with Crippen LogP contribution in [-0.4, -0.2) is 205 Å². The summed E-state index contributed by atoms with van der Waals surface area (Å²) in [6, 6.07) is 50.3. The number of pyridine rings is 8. The first-order valence-corrected chi connectivity index (χ1v) is 33.1. The van der Waals surface area contributed by atoms with E-state index in [1.165, 1.54) is 34.7 Å². The zero-order valence-electron chi connectivity index (χ0n) is 63.7. The Kier molecular flexibility index (Phi) is 46.7. The van der Waals surface area contributed by atoms with Gasteiger partial charge in [-0.1, -0.05) is 72.8 Å². The molecule has 125 heavy (non-hydrogen) atoms. The average Bonchev–Trinajstić information content (AvgIpc) is 1.44. The van der Waals surface area contributed by atoms with E-state index in [0.717, 1.165) is 34.4 Å². The van der Waals surface area contributed by atoms with Crippen LogP contribution < -0.4 is 20.4 Å². The van der Waals surface area contributed by atoms with E-state index in [-0.39, 0.29) is 171 Å². The molecule has 0 aliphatic carbocycles. The number of hydrogen-bond acceptors (Lipinski definition) is 41. The number of nitrogens with zero attached hydrogens (tertiary/aromatic N) is 27. The maximum absolute atomic E-state index is 12.5. The number of aromatic amines is 4. The first-order valence-electron chi connectivity index (χ1n) is 33.1. The Bertz CT molecular complexity index is 5380. The van der Waals surface area contributed by atoms with Gasteiger partial charge in [0.2, 0.25) is 12.8 Å². The Morgan fingerprint density at radius 3 is 0.648 bits per heavy atom. The number of carbonyl (C=O) groups excluding carboxylic acids is 2. The summed E-state index contributed by atoms with van der Waals surface area (Å²) in [5.41, 5.74) is 9.77. The van der Waals surface area contributed by atoms with Crippen LogP contribution in [0.5, 0.6) is 0 Å². The smallest absolute Gasteiger partial charge is 0.856 e. The topological polar surface area (TPSA) is 781 Å². The van der Waals surface area contributed by atoms with Gasteiger partial charge in [-0.3, -0.25) is 49.9 Å². The molecule has 2 amide bonds. The minimum absolute atomic E-state index is 0. The minimum Gasteiger partial charge on any atom is -0.856 e. The molecule has 0 aliphatic heterocycles. The number of H-pyrrole nitrogens is 4. The molecule has 52 nitrogen and oxygen atoms in total. The van der Waals surface area contributed by atoms with Gasteiger partial charge in [0.05, 0.1) is 163 Å². The molecule has 12 aromatic heterocycles. The second-order valence-corrected chi connectivity index (χ2v) is 22.7. The molecular weight excluding hydrogens is 2070 g/mol. The van der Waals surface area contributed by atoms with Crippen molar-refractivity contribution in [3.63, 3.8) is 0 Å². The molecule has 14 rings (SSSR count). The summed E-state index contributed by atoms with van der Waals surface area (Å²) in [6.07, 6.45) is 13.6. The van der Waals surface area contributed by atoms with E-state index in [4.69, 9.17) is 76.6 Å². The molecule has 0 radical (unpaired) electrons. The van der Waals surface area contributed by atoms with Crippen LogP contribution in [0.4, 0.5) is 0 Å². The number of hydrogen-bond donors (Lipinski definition) is 4. The van der Waals surface area contributed by atoms with Crippen molar-refractivity contribution >= 4 is 105 Å². The van der Waals surface area contributed by atoms with Crippen molar-refractivity contribution < 1.29 is 204 Å². The molecule has 55 heteroatoms. The Hall–Kier alpha value is -14.2. The fourth-order valence-corrected chi connectivity index (χ4v) is 8.99. The predicted octanol–water partition coefficient (Wildman–Crippen LogP) is 3.48. The zero-order chi connectivity index (χ0) is 89.0. The maximum Gasteiger partial charge on any atom is 3.00 e. The van der Waals surface area contributed by atoms with Gasteiger partial charge in [-0.25, -0.2) is 19.9 Å².